The van der Waals surface area contributed by atoms with Crippen molar-refractivity contribution in [2.75, 3.05) is 6.54 Å². The van der Waals surface area contributed by atoms with Gasteiger partial charge in [0.15, 0.2) is 0 Å². The molecular formula is C11H11ClF3N3O. The molecule has 8 heteroatoms. The maximum Gasteiger partial charge on any atom is 0.390 e. The molecule has 1 aromatic carbocycles. The standard InChI is InChI=1S/C11H11ClF3N3O/c12-8-3-1-7(2-4-8)9(16)18(10(17)19)6-5-11(13,14)15/h1-4,16H,5-6H2,(H2,17,19). The van der Waals surface area contributed by atoms with Crippen LogP contribution in [0, 0.1) is 5.41 Å². The molecule has 0 saturated carbocycles. The van der Waals surface area contributed by atoms with Crippen molar-refractivity contribution in [3.05, 3.63) is 34.9 Å². The van der Waals surface area contributed by atoms with E-state index in [1.165, 1.54) is 24.3 Å². The maximum absolute atomic E-state index is 12.1. The Morgan fingerprint density at radius 3 is 2.26 bits per heavy atom. The number of alkyl halides is 3. The Balaban J connectivity index is 2.84. The summed E-state index contributed by atoms with van der Waals surface area (Å²) in [5.74, 6) is -0.395. The average Bonchev–Trinajstić information content (AvgIpc) is 2.27. The topological polar surface area (TPSA) is 70.2 Å². The summed E-state index contributed by atoms with van der Waals surface area (Å²) in [4.78, 5) is 11.7. The predicted molar refractivity (Wildman–Crippen MR) is 65.2 cm³/mol. The van der Waals surface area contributed by atoms with Crippen molar-refractivity contribution in [2.45, 2.75) is 12.6 Å². The van der Waals surface area contributed by atoms with E-state index >= 15 is 0 Å². The number of hydrogen-bond acceptors (Lipinski definition) is 2. The third-order valence-electron chi connectivity index (χ3n) is 2.27. The van der Waals surface area contributed by atoms with Gasteiger partial charge in [-0.25, -0.2) is 4.79 Å². The first kappa shape index (κ1) is 15.3. The lowest BCUT2D eigenvalue weighted by atomic mass is 10.2. The van der Waals surface area contributed by atoms with E-state index < -0.39 is 31.0 Å². The minimum absolute atomic E-state index is 0.255. The molecule has 0 spiro atoms. The predicted octanol–water partition coefficient (Wildman–Crippen LogP) is 3.00. The van der Waals surface area contributed by atoms with Gasteiger partial charge in [0.05, 0.1) is 6.42 Å². The highest BCUT2D eigenvalue weighted by Gasteiger charge is 2.30. The summed E-state index contributed by atoms with van der Waals surface area (Å²) in [6.45, 7) is -0.694. The van der Waals surface area contributed by atoms with Crippen LogP contribution in [0.5, 0.6) is 0 Å². The van der Waals surface area contributed by atoms with Gasteiger partial charge >= 0.3 is 12.2 Å². The smallest absolute Gasteiger partial charge is 0.351 e. The zero-order chi connectivity index (χ0) is 14.6. The molecule has 0 aliphatic heterocycles. The van der Waals surface area contributed by atoms with Crippen LogP contribution in [0.4, 0.5) is 18.0 Å². The molecular weight excluding hydrogens is 283 g/mol. The van der Waals surface area contributed by atoms with E-state index in [0.717, 1.165) is 0 Å². The summed E-state index contributed by atoms with van der Waals surface area (Å²) in [6.07, 6.45) is -5.65. The molecule has 0 radical (unpaired) electrons. The lowest BCUT2D eigenvalue weighted by Gasteiger charge is -2.21. The van der Waals surface area contributed by atoms with Gasteiger partial charge in [0, 0.05) is 17.1 Å². The minimum Gasteiger partial charge on any atom is -0.351 e. The summed E-state index contributed by atoms with van der Waals surface area (Å²) in [5, 5.41) is 8.12. The number of carbonyl (C=O) groups excluding carboxylic acids is 1. The Morgan fingerprint density at radius 1 is 1.32 bits per heavy atom. The minimum atomic E-state index is -4.42. The van der Waals surface area contributed by atoms with Crippen LogP contribution < -0.4 is 5.73 Å². The van der Waals surface area contributed by atoms with Crippen LogP contribution in [-0.4, -0.2) is 29.5 Å². The summed E-state index contributed by atoms with van der Waals surface area (Å²) < 4.78 is 36.4. The molecule has 19 heavy (non-hydrogen) atoms. The third-order valence-corrected chi connectivity index (χ3v) is 2.52. The van der Waals surface area contributed by atoms with Crippen LogP contribution in [-0.2, 0) is 0 Å². The highest BCUT2D eigenvalue weighted by molar-refractivity contribution is 6.30. The molecule has 104 valence electrons. The van der Waals surface area contributed by atoms with Gasteiger partial charge in [-0.15, -0.1) is 0 Å². The Labute approximate surface area is 112 Å². The number of amidine groups is 1. The summed E-state index contributed by atoms with van der Waals surface area (Å²) in [7, 11) is 0. The highest BCUT2D eigenvalue weighted by atomic mass is 35.5. The van der Waals surface area contributed by atoms with E-state index in [1.54, 1.807) is 0 Å². The number of nitrogens with one attached hydrogen (secondary N) is 1. The Bertz CT molecular complexity index is 473. The second-order valence-electron chi connectivity index (χ2n) is 3.71. The largest absolute Gasteiger partial charge is 0.390 e. The van der Waals surface area contributed by atoms with Gasteiger partial charge < -0.3 is 5.73 Å². The fourth-order valence-corrected chi connectivity index (χ4v) is 1.46. The monoisotopic (exact) mass is 293 g/mol. The summed E-state index contributed by atoms with van der Waals surface area (Å²) >= 11 is 5.65. The van der Waals surface area contributed by atoms with Crippen LogP contribution in [0.1, 0.15) is 12.0 Å². The number of amides is 2. The van der Waals surface area contributed by atoms with Crippen LogP contribution in [0.2, 0.25) is 5.02 Å². The third kappa shape index (κ3) is 4.78. The number of benzene rings is 1. The zero-order valence-corrected chi connectivity index (χ0v) is 10.4. The molecule has 0 atom stereocenters. The van der Waals surface area contributed by atoms with Crippen LogP contribution in [0.15, 0.2) is 24.3 Å². The molecule has 4 nitrogen and oxygen atoms in total. The van der Waals surface area contributed by atoms with Gasteiger partial charge in [0.1, 0.15) is 5.84 Å². The van der Waals surface area contributed by atoms with Gasteiger partial charge in [-0.2, -0.15) is 13.2 Å². The molecule has 2 amide bonds. The van der Waals surface area contributed by atoms with Gasteiger partial charge in [0.25, 0.3) is 0 Å². The van der Waals surface area contributed by atoms with E-state index in [0.29, 0.717) is 9.92 Å². The number of rotatable bonds is 3. The van der Waals surface area contributed by atoms with E-state index in [1.807, 2.05) is 0 Å². The average molecular weight is 294 g/mol. The number of hydrogen-bond donors (Lipinski definition) is 2. The van der Waals surface area contributed by atoms with E-state index in [9.17, 15) is 18.0 Å². The number of carbonyl (C=O) groups is 1. The highest BCUT2D eigenvalue weighted by Crippen LogP contribution is 2.20. The van der Waals surface area contributed by atoms with Gasteiger partial charge in [-0.3, -0.25) is 10.3 Å². The number of nitrogens with zero attached hydrogens (tertiary/aromatic N) is 1. The van der Waals surface area contributed by atoms with Gasteiger partial charge in [-0.1, -0.05) is 11.6 Å². The maximum atomic E-state index is 12.1. The van der Waals surface area contributed by atoms with Crippen molar-refractivity contribution in [2.24, 2.45) is 5.73 Å². The number of urea groups is 1. The van der Waals surface area contributed by atoms with Crippen molar-refractivity contribution >= 4 is 23.5 Å². The van der Waals surface area contributed by atoms with Crippen molar-refractivity contribution in [1.82, 2.24) is 4.90 Å². The van der Waals surface area contributed by atoms with Crippen molar-refractivity contribution < 1.29 is 18.0 Å². The van der Waals surface area contributed by atoms with Crippen LogP contribution >= 0.6 is 11.6 Å². The summed E-state index contributed by atoms with van der Waals surface area (Å²) in [5.41, 5.74) is 5.24. The quantitative estimate of drug-likeness (QED) is 0.653. The number of halogens is 4. The van der Waals surface area contributed by atoms with Crippen LogP contribution in [0.25, 0.3) is 0 Å². The first-order valence-electron chi connectivity index (χ1n) is 5.19. The van der Waals surface area contributed by atoms with Gasteiger partial charge in [-0.05, 0) is 24.3 Å². The number of nitrogens with two attached hydrogens (primary N) is 1. The SMILES string of the molecule is N=C(c1ccc(Cl)cc1)N(CCC(F)(F)F)C(N)=O. The van der Waals surface area contributed by atoms with Crippen molar-refractivity contribution in [3.63, 3.8) is 0 Å². The fourth-order valence-electron chi connectivity index (χ4n) is 1.33. The molecule has 0 aromatic heterocycles. The van der Waals surface area contributed by atoms with E-state index in [4.69, 9.17) is 22.7 Å². The molecule has 0 heterocycles. The summed E-state index contributed by atoms with van der Waals surface area (Å²) in [6, 6.07) is 4.68. The lowest BCUT2D eigenvalue weighted by molar-refractivity contribution is -0.135. The molecule has 0 aliphatic carbocycles. The van der Waals surface area contributed by atoms with Crippen molar-refractivity contribution in [3.8, 4) is 0 Å². The molecule has 0 bridgehead atoms. The fraction of sp³-hybridized carbons (Fsp3) is 0.273. The second kappa shape index (κ2) is 5.92. The Kier molecular flexibility index (Phi) is 4.77. The second-order valence-corrected chi connectivity index (χ2v) is 4.15. The first-order valence-corrected chi connectivity index (χ1v) is 5.57. The lowest BCUT2D eigenvalue weighted by Crippen LogP contribution is -2.42. The molecule has 0 fully saturated rings. The molecule has 1 aromatic rings. The Hall–Kier alpha value is -1.76. The van der Waals surface area contributed by atoms with Crippen LogP contribution in [0.3, 0.4) is 0 Å². The normalized spacial score (nSPS) is 11.2. The molecule has 0 unspecified atom stereocenters. The van der Waals surface area contributed by atoms with Gasteiger partial charge in [0.2, 0.25) is 0 Å². The van der Waals surface area contributed by atoms with Crippen molar-refractivity contribution in [1.29, 1.82) is 5.41 Å². The molecule has 3 N–H and O–H groups in total. The Morgan fingerprint density at radius 2 is 1.84 bits per heavy atom. The zero-order valence-electron chi connectivity index (χ0n) is 9.67. The molecule has 0 aliphatic rings. The number of primary amides is 1. The molecule has 1 rings (SSSR count). The molecule has 0 saturated heterocycles. The van der Waals surface area contributed by atoms with E-state index in [-0.39, 0.29) is 5.56 Å². The van der Waals surface area contributed by atoms with E-state index in [2.05, 4.69) is 0 Å². The first-order chi connectivity index (χ1) is 8.70.